The molecule has 6 heteroatoms. The zero-order valence-corrected chi connectivity index (χ0v) is 17.2. The molecule has 2 aromatic rings. The van der Waals surface area contributed by atoms with Gasteiger partial charge in [-0.15, -0.1) is 0 Å². The summed E-state index contributed by atoms with van der Waals surface area (Å²) in [4.78, 5) is 15.2. The molecule has 3 rings (SSSR count). The first-order valence-electron chi connectivity index (χ1n) is 9.64. The van der Waals surface area contributed by atoms with Gasteiger partial charge in [-0.25, -0.2) is 0 Å². The number of nitrogens with zero attached hydrogens (tertiary/aromatic N) is 1. The Labute approximate surface area is 171 Å². The second-order valence-corrected chi connectivity index (χ2v) is 7.58. The lowest BCUT2D eigenvalue weighted by molar-refractivity contribution is 0.0340. The van der Waals surface area contributed by atoms with E-state index in [0.717, 1.165) is 38.4 Å². The molecule has 1 heterocycles. The van der Waals surface area contributed by atoms with Crippen molar-refractivity contribution >= 4 is 17.5 Å². The molecule has 0 aliphatic carbocycles. The van der Waals surface area contributed by atoms with Crippen molar-refractivity contribution in [2.75, 3.05) is 26.3 Å². The molecule has 0 aromatic heterocycles. The highest BCUT2D eigenvalue weighted by molar-refractivity contribution is 6.31. The van der Waals surface area contributed by atoms with E-state index in [4.69, 9.17) is 21.1 Å². The number of rotatable bonds is 7. The van der Waals surface area contributed by atoms with Gasteiger partial charge in [0.25, 0.3) is 5.91 Å². The van der Waals surface area contributed by atoms with Crippen molar-refractivity contribution < 1.29 is 14.3 Å². The maximum absolute atomic E-state index is 12.8. The number of benzene rings is 2. The van der Waals surface area contributed by atoms with Crippen LogP contribution in [0, 0.1) is 0 Å². The van der Waals surface area contributed by atoms with E-state index in [9.17, 15) is 4.79 Å². The van der Waals surface area contributed by atoms with Gasteiger partial charge >= 0.3 is 0 Å². The summed E-state index contributed by atoms with van der Waals surface area (Å²) in [5.41, 5.74) is 2.78. The van der Waals surface area contributed by atoms with Crippen LogP contribution in [0.2, 0.25) is 5.02 Å². The number of hydrogen-bond donors (Lipinski definition) is 1. The topological polar surface area (TPSA) is 50.8 Å². The first-order chi connectivity index (χ1) is 13.5. The minimum absolute atomic E-state index is 0.0260. The Hall–Kier alpha value is -2.08. The summed E-state index contributed by atoms with van der Waals surface area (Å²) in [7, 11) is 0. The van der Waals surface area contributed by atoms with Gasteiger partial charge in [-0.2, -0.15) is 0 Å². The SMILES string of the molecule is CC(C)Oc1ccc(Cl)cc1C(=O)NCc1ccccc1CN1CCOCC1. The second-order valence-electron chi connectivity index (χ2n) is 7.15. The van der Waals surface area contributed by atoms with Gasteiger partial charge in [0.05, 0.1) is 24.9 Å². The van der Waals surface area contributed by atoms with E-state index in [2.05, 4.69) is 22.3 Å². The molecule has 0 radical (unpaired) electrons. The zero-order chi connectivity index (χ0) is 19.9. The summed E-state index contributed by atoms with van der Waals surface area (Å²) < 4.78 is 11.2. The van der Waals surface area contributed by atoms with Crippen LogP contribution in [0.3, 0.4) is 0 Å². The molecule has 1 aliphatic heterocycles. The van der Waals surface area contributed by atoms with Crippen molar-refractivity contribution in [3.8, 4) is 5.75 Å². The number of carbonyl (C=O) groups excluding carboxylic acids is 1. The van der Waals surface area contributed by atoms with Crippen molar-refractivity contribution in [3.63, 3.8) is 0 Å². The van der Waals surface area contributed by atoms with E-state index >= 15 is 0 Å². The van der Waals surface area contributed by atoms with Gasteiger partial charge in [0, 0.05) is 31.2 Å². The van der Waals surface area contributed by atoms with Crippen LogP contribution in [0.1, 0.15) is 35.3 Å². The molecule has 1 aliphatic rings. The molecule has 0 spiro atoms. The summed E-state index contributed by atoms with van der Waals surface area (Å²) >= 11 is 6.10. The van der Waals surface area contributed by atoms with E-state index in [0.29, 0.717) is 22.9 Å². The van der Waals surface area contributed by atoms with Crippen LogP contribution in [-0.2, 0) is 17.8 Å². The molecular weight excluding hydrogens is 376 g/mol. The summed E-state index contributed by atoms with van der Waals surface area (Å²) in [5, 5.41) is 3.52. The third kappa shape index (κ3) is 5.71. The molecule has 0 bridgehead atoms. The molecular formula is C22H27ClN2O3. The first-order valence-corrected chi connectivity index (χ1v) is 10.0. The Morgan fingerprint density at radius 1 is 1.18 bits per heavy atom. The van der Waals surface area contributed by atoms with Gasteiger partial charge in [0.15, 0.2) is 0 Å². The lowest BCUT2D eigenvalue weighted by atomic mass is 10.1. The van der Waals surface area contributed by atoms with Gasteiger partial charge in [-0.3, -0.25) is 9.69 Å². The fourth-order valence-electron chi connectivity index (χ4n) is 3.19. The van der Waals surface area contributed by atoms with Crippen molar-refractivity contribution in [2.24, 2.45) is 0 Å². The summed E-state index contributed by atoms with van der Waals surface area (Å²) in [6, 6.07) is 13.3. The van der Waals surface area contributed by atoms with Crippen LogP contribution in [0.4, 0.5) is 0 Å². The largest absolute Gasteiger partial charge is 0.490 e. The summed E-state index contributed by atoms with van der Waals surface area (Å²) in [6.45, 7) is 8.56. The van der Waals surface area contributed by atoms with E-state index in [1.54, 1.807) is 18.2 Å². The second kappa shape index (κ2) is 9.92. The predicted molar refractivity (Wildman–Crippen MR) is 111 cm³/mol. The van der Waals surface area contributed by atoms with Crippen LogP contribution in [0.15, 0.2) is 42.5 Å². The van der Waals surface area contributed by atoms with Crippen LogP contribution in [0.25, 0.3) is 0 Å². The van der Waals surface area contributed by atoms with Crippen molar-refractivity contribution in [1.29, 1.82) is 0 Å². The average molecular weight is 403 g/mol. The molecule has 2 aromatic carbocycles. The Kier molecular flexibility index (Phi) is 7.31. The van der Waals surface area contributed by atoms with Gasteiger partial charge < -0.3 is 14.8 Å². The van der Waals surface area contributed by atoms with Crippen LogP contribution in [0.5, 0.6) is 5.75 Å². The number of nitrogens with one attached hydrogen (secondary N) is 1. The molecule has 0 saturated carbocycles. The minimum atomic E-state index is -0.195. The van der Waals surface area contributed by atoms with Crippen LogP contribution >= 0.6 is 11.6 Å². The lowest BCUT2D eigenvalue weighted by Crippen LogP contribution is -2.36. The fourth-order valence-corrected chi connectivity index (χ4v) is 3.36. The maximum Gasteiger partial charge on any atom is 0.255 e. The van der Waals surface area contributed by atoms with E-state index in [1.165, 1.54) is 5.56 Å². The number of ether oxygens (including phenoxy) is 2. The van der Waals surface area contributed by atoms with E-state index in [-0.39, 0.29) is 12.0 Å². The van der Waals surface area contributed by atoms with Crippen LogP contribution < -0.4 is 10.1 Å². The van der Waals surface area contributed by atoms with Gasteiger partial charge in [0.2, 0.25) is 0 Å². The van der Waals surface area contributed by atoms with Crippen molar-refractivity contribution in [1.82, 2.24) is 10.2 Å². The number of hydrogen-bond acceptors (Lipinski definition) is 4. The smallest absolute Gasteiger partial charge is 0.255 e. The average Bonchev–Trinajstić information content (AvgIpc) is 2.69. The number of halogens is 1. The highest BCUT2D eigenvalue weighted by atomic mass is 35.5. The predicted octanol–water partition coefficient (Wildman–Crippen LogP) is 3.89. The molecule has 0 atom stereocenters. The summed E-state index contributed by atoms with van der Waals surface area (Å²) in [6.07, 6.45) is -0.0260. The standard InChI is InChI=1S/C22H27ClN2O3/c1-16(2)28-21-8-7-19(23)13-20(21)22(26)24-14-17-5-3-4-6-18(17)15-25-9-11-27-12-10-25/h3-8,13,16H,9-12,14-15H2,1-2H3,(H,24,26). The molecule has 0 unspecified atom stereocenters. The fraction of sp³-hybridized carbons (Fsp3) is 0.409. The van der Waals surface area contributed by atoms with Crippen molar-refractivity contribution in [3.05, 3.63) is 64.2 Å². The highest BCUT2D eigenvalue weighted by Gasteiger charge is 2.16. The third-order valence-electron chi connectivity index (χ3n) is 4.60. The number of morpholine rings is 1. The Balaban J connectivity index is 1.69. The molecule has 1 saturated heterocycles. The van der Waals surface area contributed by atoms with Gasteiger partial charge in [-0.05, 0) is 43.2 Å². The molecule has 1 N–H and O–H groups in total. The molecule has 28 heavy (non-hydrogen) atoms. The first kappa shape index (κ1) is 20.6. The molecule has 5 nitrogen and oxygen atoms in total. The summed E-state index contributed by atoms with van der Waals surface area (Å²) in [5.74, 6) is 0.345. The number of carbonyl (C=O) groups is 1. The lowest BCUT2D eigenvalue weighted by Gasteiger charge is -2.27. The highest BCUT2D eigenvalue weighted by Crippen LogP contribution is 2.24. The molecule has 1 fully saturated rings. The van der Waals surface area contributed by atoms with E-state index < -0.39 is 0 Å². The van der Waals surface area contributed by atoms with E-state index in [1.807, 2.05) is 26.0 Å². The monoisotopic (exact) mass is 402 g/mol. The molecule has 1 amide bonds. The number of amides is 1. The van der Waals surface area contributed by atoms with Gasteiger partial charge in [0.1, 0.15) is 5.75 Å². The van der Waals surface area contributed by atoms with Gasteiger partial charge in [-0.1, -0.05) is 35.9 Å². The van der Waals surface area contributed by atoms with Crippen LogP contribution in [-0.4, -0.2) is 43.2 Å². The Bertz CT molecular complexity index is 804. The quantitative estimate of drug-likeness (QED) is 0.763. The minimum Gasteiger partial charge on any atom is -0.490 e. The Morgan fingerprint density at radius 3 is 2.61 bits per heavy atom. The van der Waals surface area contributed by atoms with Crippen molar-refractivity contribution in [2.45, 2.75) is 33.0 Å². The zero-order valence-electron chi connectivity index (χ0n) is 16.4. The Morgan fingerprint density at radius 2 is 1.89 bits per heavy atom. The normalized spacial score (nSPS) is 14.9. The maximum atomic E-state index is 12.8. The molecule has 150 valence electrons. The third-order valence-corrected chi connectivity index (χ3v) is 4.84.